The van der Waals surface area contributed by atoms with Crippen LogP contribution in [0.4, 0.5) is 10.1 Å². The van der Waals surface area contributed by atoms with E-state index in [0.29, 0.717) is 13.0 Å². The number of hydrogen-bond acceptors (Lipinski definition) is 2. The second kappa shape index (κ2) is 6.93. The van der Waals surface area contributed by atoms with E-state index < -0.39 is 6.17 Å². The third-order valence-electron chi connectivity index (χ3n) is 4.66. The van der Waals surface area contributed by atoms with E-state index in [1.54, 1.807) is 11.8 Å². The maximum atomic E-state index is 13.8. The van der Waals surface area contributed by atoms with Crippen LogP contribution in [0.5, 0.6) is 0 Å². The lowest BCUT2D eigenvalue weighted by Gasteiger charge is -2.22. The predicted molar refractivity (Wildman–Crippen MR) is 107 cm³/mol. The first kappa shape index (κ1) is 16.8. The molecule has 1 atom stereocenters. The fraction of sp³-hybridized carbons (Fsp3) is 0.300. The van der Waals surface area contributed by atoms with Crippen molar-refractivity contribution in [3.05, 3.63) is 47.5 Å². The summed E-state index contributed by atoms with van der Waals surface area (Å²) in [5.74, 6) is 1.01. The summed E-state index contributed by atoms with van der Waals surface area (Å²) in [5, 5.41) is 1.75. The van der Waals surface area contributed by atoms with Crippen molar-refractivity contribution in [1.82, 2.24) is 4.98 Å². The quantitative estimate of drug-likeness (QED) is 0.552. The fourth-order valence-electron chi connectivity index (χ4n) is 3.48. The molecule has 1 unspecified atom stereocenters. The molecule has 3 aromatic rings. The number of aromatic amines is 1. The number of aromatic nitrogens is 1. The Morgan fingerprint density at radius 3 is 2.84 bits per heavy atom. The molecule has 1 saturated heterocycles. The number of anilines is 1. The molecule has 5 heteroatoms. The molecule has 1 aliphatic heterocycles. The number of H-pyrrole nitrogens is 1. The van der Waals surface area contributed by atoms with Gasteiger partial charge in [-0.2, -0.15) is 0 Å². The summed E-state index contributed by atoms with van der Waals surface area (Å²) < 4.78 is 13.8. The Labute approximate surface area is 156 Å². The van der Waals surface area contributed by atoms with Crippen molar-refractivity contribution in [2.75, 3.05) is 23.7 Å². The Kier molecular flexibility index (Phi) is 4.65. The molecular formula is C20H20ClFN2S. The van der Waals surface area contributed by atoms with E-state index in [1.807, 2.05) is 24.3 Å². The van der Waals surface area contributed by atoms with Gasteiger partial charge in [0.05, 0.1) is 10.7 Å². The van der Waals surface area contributed by atoms with Gasteiger partial charge < -0.3 is 9.88 Å². The molecule has 0 saturated carbocycles. The summed E-state index contributed by atoms with van der Waals surface area (Å²) in [6, 6.07) is 14.4. The van der Waals surface area contributed by atoms with E-state index >= 15 is 0 Å². The van der Waals surface area contributed by atoms with Gasteiger partial charge in [0.25, 0.3) is 0 Å². The summed E-state index contributed by atoms with van der Waals surface area (Å²) in [5.41, 5.74) is 4.04. The first-order chi connectivity index (χ1) is 12.2. The van der Waals surface area contributed by atoms with Gasteiger partial charge in [0.2, 0.25) is 0 Å². The molecule has 1 aromatic heterocycles. The lowest BCUT2D eigenvalue weighted by atomic mass is 10.1. The van der Waals surface area contributed by atoms with E-state index in [9.17, 15) is 4.39 Å². The van der Waals surface area contributed by atoms with E-state index in [-0.39, 0.29) is 0 Å². The number of nitrogens with zero attached hydrogens (tertiary/aromatic N) is 1. The number of halogens is 2. The maximum Gasteiger partial charge on any atom is 0.119 e. The molecule has 1 aliphatic rings. The number of rotatable bonds is 4. The zero-order valence-corrected chi connectivity index (χ0v) is 15.6. The van der Waals surface area contributed by atoms with Crippen molar-refractivity contribution in [3.63, 3.8) is 0 Å². The standard InChI is InChI=1S/C20H20ClFN2S/c1-2-25-14-7-8-18(24-10-9-13(22)12-24)16(11-14)20-19(21)15-5-3-4-6-17(15)23-20/h3-8,11,13,23H,2,9-10,12H2,1H3. The summed E-state index contributed by atoms with van der Waals surface area (Å²) in [7, 11) is 0. The molecule has 0 radical (unpaired) electrons. The SMILES string of the molecule is CCSc1ccc(N2CCC(F)C2)c(-c2[nH]c3ccccc3c2Cl)c1. The molecule has 1 fully saturated rings. The zero-order valence-electron chi connectivity index (χ0n) is 14.1. The molecule has 2 nitrogen and oxygen atoms in total. The average molecular weight is 375 g/mol. The maximum absolute atomic E-state index is 13.8. The van der Waals surface area contributed by atoms with Crippen molar-refractivity contribution in [2.24, 2.45) is 0 Å². The number of benzene rings is 2. The second-order valence-corrected chi connectivity index (χ2v) is 8.02. The molecule has 1 N–H and O–H groups in total. The van der Waals surface area contributed by atoms with Gasteiger partial charge in [0.15, 0.2) is 0 Å². The minimum Gasteiger partial charge on any atom is -0.368 e. The van der Waals surface area contributed by atoms with Crippen LogP contribution in [0.3, 0.4) is 0 Å². The predicted octanol–water partition coefficient (Wildman–Crippen LogP) is 6.15. The molecule has 25 heavy (non-hydrogen) atoms. The van der Waals surface area contributed by atoms with Crippen LogP contribution in [-0.2, 0) is 0 Å². The highest BCUT2D eigenvalue weighted by molar-refractivity contribution is 7.99. The first-order valence-corrected chi connectivity index (χ1v) is 9.96. The van der Waals surface area contributed by atoms with Crippen LogP contribution in [0, 0.1) is 0 Å². The minimum absolute atomic E-state index is 0.450. The highest BCUT2D eigenvalue weighted by Crippen LogP contribution is 2.41. The summed E-state index contributed by atoms with van der Waals surface area (Å²) >= 11 is 8.50. The van der Waals surface area contributed by atoms with Gasteiger partial charge in [-0.3, -0.25) is 0 Å². The van der Waals surface area contributed by atoms with Crippen LogP contribution in [0.1, 0.15) is 13.3 Å². The first-order valence-electron chi connectivity index (χ1n) is 8.60. The van der Waals surface area contributed by atoms with Crippen LogP contribution in [0.25, 0.3) is 22.2 Å². The molecule has 2 aromatic carbocycles. The van der Waals surface area contributed by atoms with Crippen molar-refractivity contribution < 1.29 is 4.39 Å². The number of para-hydroxylation sites is 1. The van der Waals surface area contributed by atoms with Gasteiger partial charge in [-0.1, -0.05) is 36.7 Å². The van der Waals surface area contributed by atoms with E-state index in [1.165, 1.54) is 4.90 Å². The Morgan fingerprint density at radius 2 is 2.12 bits per heavy atom. The lowest BCUT2D eigenvalue weighted by molar-refractivity contribution is 0.364. The Balaban J connectivity index is 1.87. The van der Waals surface area contributed by atoms with Gasteiger partial charge >= 0.3 is 0 Å². The number of fused-ring (bicyclic) bond motifs is 1. The van der Waals surface area contributed by atoms with E-state index in [2.05, 4.69) is 35.0 Å². The third-order valence-corrected chi connectivity index (χ3v) is 5.93. The highest BCUT2D eigenvalue weighted by atomic mass is 35.5. The molecular weight excluding hydrogens is 355 g/mol. The van der Waals surface area contributed by atoms with Crippen molar-refractivity contribution in [1.29, 1.82) is 0 Å². The zero-order chi connectivity index (χ0) is 17.4. The van der Waals surface area contributed by atoms with Gasteiger partial charge in [-0.25, -0.2) is 4.39 Å². The monoisotopic (exact) mass is 374 g/mol. The van der Waals surface area contributed by atoms with E-state index in [0.717, 1.165) is 45.2 Å². The smallest absolute Gasteiger partial charge is 0.119 e. The Bertz CT molecular complexity index is 908. The fourth-order valence-corrected chi connectivity index (χ4v) is 4.49. The van der Waals surface area contributed by atoms with Crippen LogP contribution < -0.4 is 4.90 Å². The molecule has 2 heterocycles. The second-order valence-electron chi connectivity index (χ2n) is 6.30. The van der Waals surface area contributed by atoms with E-state index in [4.69, 9.17) is 11.6 Å². The topological polar surface area (TPSA) is 19.0 Å². The highest BCUT2D eigenvalue weighted by Gasteiger charge is 2.25. The molecule has 4 rings (SSSR count). The Morgan fingerprint density at radius 1 is 1.28 bits per heavy atom. The molecule has 0 aliphatic carbocycles. The van der Waals surface area contributed by atoms with Crippen LogP contribution >= 0.6 is 23.4 Å². The van der Waals surface area contributed by atoms with Crippen molar-refractivity contribution in [3.8, 4) is 11.3 Å². The summed E-state index contributed by atoms with van der Waals surface area (Å²) in [6.45, 7) is 3.33. The van der Waals surface area contributed by atoms with Gasteiger partial charge in [-0.05, 0) is 36.4 Å². The molecule has 0 bridgehead atoms. The summed E-state index contributed by atoms with van der Waals surface area (Å²) in [4.78, 5) is 6.79. The van der Waals surface area contributed by atoms with Crippen LogP contribution in [0.15, 0.2) is 47.4 Å². The van der Waals surface area contributed by atoms with Crippen molar-refractivity contribution >= 4 is 40.0 Å². The molecule has 0 spiro atoms. The normalized spacial score (nSPS) is 17.6. The largest absolute Gasteiger partial charge is 0.368 e. The lowest BCUT2D eigenvalue weighted by Crippen LogP contribution is -2.20. The minimum atomic E-state index is -0.754. The number of alkyl halides is 1. The molecule has 0 amide bonds. The van der Waals surface area contributed by atoms with Gasteiger partial charge in [0, 0.05) is 40.1 Å². The number of nitrogens with one attached hydrogen (secondary N) is 1. The van der Waals surface area contributed by atoms with Crippen molar-refractivity contribution in [2.45, 2.75) is 24.4 Å². The van der Waals surface area contributed by atoms with Gasteiger partial charge in [-0.15, -0.1) is 11.8 Å². The number of hydrogen-bond donors (Lipinski definition) is 1. The number of thioether (sulfide) groups is 1. The third kappa shape index (κ3) is 3.13. The average Bonchev–Trinajstić information content (AvgIpc) is 3.19. The van der Waals surface area contributed by atoms with Crippen LogP contribution in [-0.4, -0.2) is 30.0 Å². The van der Waals surface area contributed by atoms with Crippen LogP contribution in [0.2, 0.25) is 5.02 Å². The summed E-state index contributed by atoms with van der Waals surface area (Å²) in [6.07, 6.45) is -0.165. The molecule has 130 valence electrons. The van der Waals surface area contributed by atoms with Gasteiger partial charge in [0.1, 0.15) is 6.17 Å². The Hall–Kier alpha value is -1.65.